The Kier molecular flexibility index (Phi) is 19.2. The van der Waals surface area contributed by atoms with Gasteiger partial charge in [0.1, 0.15) is 64.0 Å². The van der Waals surface area contributed by atoms with E-state index >= 15 is 0 Å². The van der Waals surface area contributed by atoms with Crippen molar-refractivity contribution in [2.75, 3.05) is 0 Å². The van der Waals surface area contributed by atoms with Gasteiger partial charge in [-0.25, -0.2) is 53.9 Å². The first-order valence-electron chi connectivity index (χ1n) is 24.8. The van der Waals surface area contributed by atoms with Gasteiger partial charge < -0.3 is 0 Å². The summed E-state index contributed by atoms with van der Waals surface area (Å²) in [5.41, 5.74) is 7.11. The molecule has 0 saturated carbocycles. The van der Waals surface area contributed by atoms with Gasteiger partial charge in [0, 0.05) is 39.7 Å². The molecule has 0 saturated heterocycles. The van der Waals surface area contributed by atoms with Gasteiger partial charge in [-0.15, -0.1) is 0 Å². The molecule has 2 nitrogen and oxygen atoms in total. The molecule has 0 bridgehead atoms. The summed E-state index contributed by atoms with van der Waals surface area (Å²) < 4.78 is 134. The molecule has 0 spiro atoms. The molecular weight excluding hydrogens is 1010 g/mol. The van der Waals surface area contributed by atoms with Crippen molar-refractivity contribution >= 4 is 53.9 Å². The van der Waals surface area contributed by atoms with E-state index in [0.29, 0.717) is 54.6 Å². The minimum atomic E-state index is -0.817. The Morgan fingerprint density at radius 2 is 0.667 bits per heavy atom. The van der Waals surface area contributed by atoms with E-state index in [1.807, 2.05) is 76.5 Å². The maximum atomic E-state index is 13.6. The van der Waals surface area contributed by atoms with Crippen molar-refractivity contribution in [1.82, 2.24) is 9.97 Å². The smallest absolute Gasteiger partial charge is 0.139 e. The fraction of sp³-hybridized carbons (Fsp3) is 0.182. The van der Waals surface area contributed by atoms with Crippen molar-refractivity contribution in [1.29, 1.82) is 0 Å². The third-order valence-corrected chi connectivity index (χ3v) is 12.7. The molecule has 0 aliphatic carbocycles. The first kappa shape index (κ1) is 59.1. The number of rotatable bonds is 0. The molecule has 0 aliphatic heterocycles. The second kappa shape index (κ2) is 25.4. The highest BCUT2D eigenvalue weighted by Gasteiger charge is 2.15. The van der Waals surface area contributed by atoms with E-state index < -0.39 is 40.7 Å². The van der Waals surface area contributed by atoms with Crippen LogP contribution in [0.5, 0.6) is 0 Å². The molecule has 0 unspecified atom stereocenters. The minimum Gasteiger partial charge on any atom is -0.241 e. The predicted molar refractivity (Wildman–Crippen MR) is 298 cm³/mol. The number of aromatic nitrogens is 2. The minimum absolute atomic E-state index is 0.0846. The van der Waals surface area contributed by atoms with Crippen LogP contribution in [0.25, 0.3) is 53.9 Å². The molecule has 0 radical (unpaired) electrons. The lowest BCUT2D eigenvalue weighted by Crippen LogP contribution is -1.94. The summed E-state index contributed by atoms with van der Waals surface area (Å²) in [5.74, 6) is -3.85. The van der Waals surface area contributed by atoms with Crippen LogP contribution in [-0.2, 0) is 0 Å². The highest BCUT2D eigenvalue weighted by molar-refractivity contribution is 5.88. The normalized spacial score (nSPS) is 10.7. The van der Waals surface area contributed by atoms with Crippen molar-refractivity contribution < 1.29 is 43.9 Å². The Morgan fingerprint density at radius 3 is 1.23 bits per heavy atom. The number of fused-ring (bicyclic) bond motifs is 5. The fourth-order valence-corrected chi connectivity index (χ4v) is 8.39. The molecule has 10 aromatic carbocycles. The van der Waals surface area contributed by atoms with Crippen LogP contribution < -0.4 is 0 Å². The lowest BCUT2D eigenvalue weighted by Gasteiger charge is -2.06. The van der Waals surface area contributed by atoms with Crippen LogP contribution in [0.15, 0.2) is 134 Å². The van der Waals surface area contributed by atoms with E-state index in [9.17, 15) is 43.9 Å². The number of halogens is 10. The summed E-state index contributed by atoms with van der Waals surface area (Å²) >= 11 is 0. The van der Waals surface area contributed by atoms with E-state index in [0.717, 1.165) is 45.1 Å². The standard InChI is InChI=1S/C12H9F3.3C12H10F2.C12H11F.C6H8N2/c1-6-3-8-5-9(13)7(2)12(15)11(8)10(14)4-6;1-7-3-9-6-11(13)8(2)5-10(9)12(14)4-7;1-7-5-9-4-3-8(2)12(14)11(9)10(13)6-7;1-7-3-4-10-9(5-7)6-11(13)8(2)12(10)14;1-8-3-6-11-10(7-8)5-4-9(2)12(11)13;1-5-3-7-6(2)8-4-5/h3-5H,1-2H3;3*3-6H,1-2H3;3-7H,1-2H3;3-4H,1-2H3. The summed E-state index contributed by atoms with van der Waals surface area (Å²) in [6, 6.07) is 32.9. The maximum Gasteiger partial charge on any atom is 0.139 e. The quantitative estimate of drug-likeness (QED) is 0.141. The highest BCUT2D eigenvalue weighted by atomic mass is 19.2. The summed E-state index contributed by atoms with van der Waals surface area (Å²) in [5, 5.41) is 4.71. The molecule has 1 heterocycles. The number of aryl methyl sites for hydroxylation is 10. The number of benzene rings is 10. The monoisotopic (exact) mass is 1070 g/mol. The maximum absolute atomic E-state index is 13.6. The molecule has 11 rings (SSSR count). The lowest BCUT2D eigenvalue weighted by atomic mass is 10.0. The summed E-state index contributed by atoms with van der Waals surface area (Å²) in [4.78, 5) is 7.94. The van der Waals surface area contributed by atoms with Crippen LogP contribution in [0.3, 0.4) is 0 Å². The molecule has 1 aromatic heterocycles. The number of nitrogens with zero attached hydrogens (tertiary/aromatic N) is 2. The average Bonchev–Trinajstić information content (AvgIpc) is 3.37. The van der Waals surface area contributed by atoms with Gasteiger partial charge in [0.2, 0.25) is 0 Å². The molecule has 0 atom stereocenters. The second-order valence-corrected chi connectivity index (χ2v) is 19.5. The van der Waals surface area contributed by atoms with Gasteiger partial charge in [0.05, 0.1) is 10.8 Å². The summed E-state index contributed by atoms with van der Waals surface area (Å²) in [6.07, 6.45) is 3.62. The molecule has 402 valence electrons. The number of hydrogen-bond acceptors (Lipinski definition) is 2. The van der Waals surface area contributed by atoms with Crippen LogP contribution >= 0.6 is 0 Å². The largest absolute Gasteiger partial charge is 0.241 e. The lowest BCUT2D eigenvalue weighted by molar-refractivity contribution is 0.568. The Hall–Kier alpha value is -8.12. The molecule has 11 aromatic rings. The summed E-state index contributed by atoms with van der Waals surface area (Å²) in [6.45, 7) is 20.8. The van der Waals surface area contributed by atoms with Gasteiger partial charge in [0.25, 0.3) is 0 Å². The molecule has 78 heavy (non-hydrogen) atoms. The van der Waals surface area contributed by atoms with Gasteiger partial charge in [-0.1, -0.05) is 90.0 Å². The van der Waals surface area contributed by atoms with E-state index in [4.69, 9.17) is 0 Å². The van der Waals surface area contributed by atoms with Crippen molar-refractivity contribution in [3.8, 4) is 0 Å². The fourth-order valence-electron chi connectivity index (χ4n) is 8.39. The molecule has 0 N–H and O–H groups in total. The molecule has 12 heteroatoms. The SMILES string of the molecule is Cc1cc(F)c2c(F)c(C)c(F)cc2c1.Cc1cc(F)c2c(F)c(C)ccc2c1.Cc1cc(F)c2cc(C)c(F)cc2c1.Cc1ccc2c(F)c(C)c(F)cc2c1.Cc1ccc2c(F)c(C)ccc2c1.Cc1cnc(C)nc1. The van der Waals surface area contributed by atoms with Crippen LogP contribution in [0.2, 0.25) is 0 Å². The van der Waals surface area contributed by atoms with Crippen molar-refractivity contribution in [2.24, 2.45) is 0 Å². The zero-order valence-corrected chi connectivity index (χ0v) is 45.4. The molecule has 0 amide bonds. The first-order chi connectivity index (χ1) is 36.7. The van der Waals surface area contributed by atoms with E-state index in [1.54, 1.807) is 90.1 Å². The Morgan fingerprint density at radius 1 is 0.256 bits per heavy atom. The third-order valence-electron chi connectivity index (χ3n) is 12.7. The topological polar surface area (TPSA) is 25.8 Å². The van der Waals surface area contributed by atoms with Gasteiger partial charge >= 0.3 is 0 Å². The number of hydrogen-bond donors (Lipinski definition) is 0. The average molecular weight is 1070 g/mol. The zero-order chi connectivity index (χ0) is 57.4. The Bertz CT molecular complexity index is 3960. The van der Waals surface area contributed by atoms with Crippen LogP contribution in [-0.4, -0.2) is 9.97 Å². The summed E-state index contributed by atoms with van der Waals surface area (Å²) in [7, 11) is 0. The molecule has 0 aliphatic rings. The first-order valence-corrected chi connectivity index (χ1v) is 24.8. The van der Waals surface area contributed by atoms with Crippen molar-refractivity contribution in [3.63, 3.8) is 0 Å². The Labute approximate surface area is 448 Å². The van der Waals surface area contributed by atoms with Crippen LogP contribution in [0.4, 0.5) is 43.9 Å². The second-order valence-electron chi connectivity index (χ2n) is 19.5. The van der Waals surface area contributed by atoms with Crippen molar-refractivity contribution in [3.05, 3.63) is 259 Å². The van der Waals surface area contributed by atoms with E-state index in [1.165, 1.54) is 44.2 Å². The van der Waals surface area contributed by atoms with E-state index in [2.05, 4.69) is 9.97 Å². The van der Waals surface area contributed by atoms with Crippen LogP contribution in [0, 0.1) is 141 Å². The van der Waals surface area contributed by atoms with Gasteiger partial charge in [-0.3, -0.25) is 0 Å². The molecule has 0 fully saturated rings. The van der Waals surface area contributed by atoms with Crippen LogP contribution in [0.1, 0.15) is 67.0 Å². The van der Waals surface area contributed by atoms with Gasteiger partial charge in [-0.05, 0) is 191 Å². The highest BCUT2D eigenvalue weighted by Crippen LogP contribution is 2.29. The van der Waals surface area contributed by atoms with Gasteiger partial charge in [0.15, 0.2) is 0 Å². The van der Waals surface area contributed by atoms with Crippen molar-refractivity contribution in [2.45, 2.75) is 83.1 Å². The van der Waals surface area contributed by atoms with E-state index in [-0.39, 0.29) is 44.7 Å². The Balaban J connectivity index is 0.000000153. The third kappa shape index (κ3) is 14.3. The van der Waals surface area contributed by atoms with Gasteiger partial charge in [-0.2, -0.15) is 0 Å². The zero-order valence-electron chi connectivity index (χ0n) is 45.4. The predicted octanol–water partition coefficient (Wildman–Crippen LogP) is 19.8. The molecular formula is C66H58F10N2.